The second-order valence-electron chi connectivity index (χ2n) is 10.2. The number of thiazole rings is 1. The normalized spacial score (nSPS) is 21.3. The molecule has 0 radical (unpaired) electrons. The van der Waals surface area contributed by atoms with Crippen molar-refractivity contribution in [3.05, 3.63) is 99.8 Å². The fourth-order valence-electron chi connectivity index (χ4n) is 5.75. The molecular weight excluding hydrogens is 485 g/mol. The molecule has 4 nitrogen and oxygen atoms in total. The van der Waals surface area contributed by atoms with Crippen molar-refractivity contribution in [2.75, 3.05) is 7.11 Å². The Bertz CT molecular complexity index is 1550. The van der Waals surface area contributed by atoms with E-state index in [2.05, 4.69) is 12.1 Å². The molecule has 6 rings (SSSR count). The zero-order valence-corrected chi connectivity index (χ0v) is 21.6. The highest BCUT2D eigenvalue weighted by Crippen LogP contribution is 2.50. The lowest BCUT2D eigenvalue weighted by atomic mass is 9.75. The van der Waals surface area contributed by atoms with Crippen LogP contribution in [0, 0.1) is 18.7 Å². The van der Waals surface area contributed by atoms with Gasteiger partial charge in [0.15, 0.2) is 0 Å². The Morgan fingerprint density at radius 3 is 2.73 bits per heavy atom. The van der Waals surface area contributed by atoms with Gasteiger partial charge in [0.1, 0.15) is 17.0 Å². The number of allylic oxidation sites excluding steroid dienone is 1. The summed E-state index contributed by atoms with van der Waals surface area (Å²) < 4.78 is 21.4. The van der Waals surface area contributed by atoms with Crippen LogP contribution in [-0.4, -0.2) is 23.2 Å². The van der Waals surface area contributed by atoms with Gasteiger partial charge in [-0.05, 0) is 90.6 Å². The molecule has 37 heavy (non-hydrogen) atoms. The molecule has 2 aliphatic rings. The van der Waals surface area contributed by atoms with Gasteiger partial charge < -0.3 is 9.84 Å². The van der Waals surface area contributed by atoms with Gasteiger partial charge in [0, 0.05) is 5.92 Å². The molecule has 0 spiro atoms. The molecule has 1 saturated carbocycles. The Balaban J connectivity index is 1.50. The molecule has 0 bridgehead atoms. The number of methoxy groups -OCH3 is 1. The van der Waals surface area contributed by atoms with E-state index >= 15 is 0 Å². The van der Waals surface area contributed by atoms with Crippen LogP contribution < -0.4 is 4.74 Å². The van der Waals surface area contributed by atoms with Crippen molar-refractivity contribution in [2.24, 2.45) is 5.92 Å². The Labute approximate surface area is 219 Å². The average Bonchev–Trinajstić information content (AvgIpc) is 3.55. The van der Waals surface area contributed by atoms with E-state index in [4.69, 9.17) is 9.72 Å². The first kappa shape index (κ1) is 23.9. The highest BCUT2D eigenvalue weighted by atomic mass is 32.1. The first-order valence-electron chi connectivity index (χ1n) is 12.6. The van der Waals surface area contributed by atoms with E-state index in [0.29, 0.717) is 29.9 Å². The number of ether oxygens (including phenoxy) is 1. The first-order valence-corrected chi connectivity index (χ1v) is 13.5. The number of aromatic nitrogens is 1. The van der Waals surface area contributed by atoms with Crippen LogP contribution in [0.5, 0.6) is 5.75 Å². The van der Waals surface area contributed by atoms with E-state index < -0.39 is 11.4 Å². The third kappa shape index (κ3) is 4.13. The van der Waals surface area contributed by atoms with Gasteiger partial charge in [-0.3, -0.25) is 4.79 Å². The Morgan fingerprint density at radius 1 is 1.16 bits per heavy atom. The number of halogens is 1. The topological polar surface area (TPSA) is 59.4 Å². The molecule has 4 aromatic rings. The second-order valence-corrected chi connectivity index (χ2v) is 11.3. The van der Waals surface area contributed by atoms with E-state index in [1.165, 1.54) is 23.9 Å². The number of fused-ring (bicyclic) bond motifs is 1. The van der Waals surface area contributed by atoms with Crippen molar-refractivity contribution in [3.8, 4) is 5.75 Å². The molecule has 1 N–H and O–H groups in total. The standard InChI is InChI=1S/C31H28FNO3S/c1-18-24(7-5-8-25(18)32)31(30(34)35)16-22(14-21-6-3-4-9-27(21)36-2)23(17-31)20-12-13-26-28(15-20)37-29(33-26)19-10-11-19/h3-9,12-13,15,17,19,22H,10-11,14,16H2,1-2H3,(H,34,35). The van der Waals surface area contributed by atoms with Crippen LogP contribution in [-0.2, 0) is 16.6 Å². The molecular formula is C31H28FNO3S. The number of rotatable bonds is 7. The summed E-state index contributed by atoms with van der Waals surface area (Å²) >= 11 is 1.73. The quantitative estimate of drug-likeness (QED) is 0.282. The van der Waals surface area contributed by atoms with Crippen LogP contribution in [0.15, 0.2) is 66.7 Å². The summed E-state index contributed by atoms with van der Waals surface area (Å²) in [5.41, 5.74) is 3.54. The number of carbonyl (C=O) groups is 1. The van der Waals surface area contributed by atoms with Gasteiger partial charge in [-0.1, -0.05) is 42.5 Å². The summed E-state index contributed by atoms with van der Waals surface area (Å²) in [6, 6.07) is 18.8. The molecule has 188 valence electrons. The summed E-state index contributed by atoms with van der Waals surface area (Å²) in [6.07, 6.45) is 5.24. The maximum Gasteiger partial charge on any atom is 0.318 e. The van der Waals surface area contributed by atoms with Crippen LogP contribution in [0.3, 0.4) is 0 Å². The molecule has 0 saturated heterocycles. The highest BCUT2D eigenvalue weighted by molar-refractivity contribution is 7.18. The lowest BCUT2D eigenvalue weighted by molar-refractivity contribution is -0.142. The number of para-hydroxylation sites is 1. The van der Waals surface area contributed by atoms with Crippen molar-refractivity contribution in [1.82, 2.24) is 4.98 Å². The van der Waals surface area contributed by atoms with Gasteiger partial charge in [0.25, 0.3) is 0 Å². The maximum atomic E-state index is 14.6. The zero-order chi connectivity index (χ0) is 25.7. The Morgan fingerprint density at radius 2 is 1.97 bits per heavy atom. The second kappa shape index (κ2) is 9.10. The summed E-state index contributed by atoms with van der Waals surface area (Å²) in [7, 11) is 1.65. The van der Waals surface area contributed by atoms with E-state index in [1.807, 2.05) is 36.4 Å². The molecule has 1 aromatic heterocycles. The lowest BCUT2D eigenvalue weighted by Gasteiger charge is -2.26. The highest BCUT2D eigenvalue weighted by Gasteiger charge is 2.47. The summed E-state index contributed by atoms with van der Waals surface area (Å²) in [5.74, 6) is -0.0801. The fourth-order valence-corrected chi connectivity index (χ4v) is 6.92. The van der Waals surface area contributed by atoms with Crippen LogP contribution in [0.4, 0.5) is 4.39 Å². The number of hydrogen-bond donors (Lipinski definition) is 1. The summed E-state index contributed by atoms with van der Waals surface area (Å²) in [4.78, 5) is 17.8. The maximum absolute atomic E-state index is 14.6. The van der Waals surface area contributed by atoms with Gasteiger partial charge in [0.05, 0.1) is 22.3 Å². The van der Waals surface area contributed by atoms with Gasteiger partial charge in [-0.15, -0.1) is 11.3 Å². The summed E-state index contributed by atoms with van der Waals surface area (Å²) in [5, 5.41) is 11.8. The molecule has 2 unspecified atom stereocenters. The minimum absolute atomic E-state index is 0.0941. The van der Waals surface area contributed by atoms with E-state index in [1.54, 1.807) is 37.5 Å². The average molecular weight is 514 g/mol. The van der Waals surface area contributed by atoms with Gasteiger partial charge in [0.2, 0.25) is 0 Å². The van der Waals surface area contributed by atoms with Gasteiger partial charge in [-0.2, -0.15) is 0 Å². The minimum Gasteiger partial charge on any atom is -0.496 e. The predicted octanol–water partition coefficient (Wildman–Crippen LogP) is 7.30. The largest absolute Gasteiger partial charge is 0.496 e. The van der Waals surface area contributed by atoms with Gasteiger partial charge >= 0.3 is 5.97 Å². The van der Waals surface area contributed by atoms with Crippen molar-refractivity contribution in [1.29, 1.82) is 0 Å². The molecule has 1 fully saturated rings. The molecule has 2 atom stereocenters. The molecule has 1 heterocycles. The molecule has 2 aliphatic carbocycles. The third-order valence-corrected chi connectivity index (χ3v) is 9.04. The van der Waals surface area contributed by atoms with Crippen molar-refractivity contribution in [2.45, 2.75) is 43.9 Å². The monoisotopic (exact) mass is 513 g/mol. The number of benzene rings is 3. The van der Waals surface area contributed by atoms with E-state index in [9.17, 15) is 14.3 Å². The molecule has 6 heteroatoms. The van der Waals surface area contributed by atoms with Crippen molar-refractivity contribution >= 4 is 33.1 Å². The Hall–Kier alpha value is -3.51. The zero-order valence-electron chi connectivity index (χ0n) is 20.8. The van der Waals surface area contributed by atoms with Crippen LogP contribution >= 0.6 is 11.3 Å². The number of carboxylic acid groups (broad SMARTS) is 1. The van der Waals surface area contributed by atoms with Gasteiger partial charge in [-0.25, -0.2) is 9.37 Å². The van der Waals surface area contributed by atoms with Crippen LogP contribution in [0.2, 0.25) is 0 Å². The summed E-state index contributed by atoms with van der Waals surface area (Å²) in [6.45, 7) is 1.67. The molecule has 0 aliphatic heterocycles. The smallest absolute Gasteiger partial charge is 0.318 e. The van der Waals surface area contributed by atoms with E-state index in [-0.39, 0.29) is 11.7 Å². The van der Waals surface area contributed by atoms with Crippen LogP contribution in [0.1, 0.15) is 52.4 Å². The molecule has 0 amide bonds. The fraction of sp³-hybridized carbons (Fsp3) is 0.290. The lowest BCUT2D eigenvalue weighted by Crippen LogP contribution is -2.34. The molecule has 3 aromatic carbocycles. The predicted molar refractivity (Wildman–Crippen MR) is 145 cm³/mol. The number of aliphatic carboxylic acids is 1. The minimum atomic E-state index is -1.32. The third-order valence-electron chi connectivity index (χ3n) is 7.86. The number of nitrogens with zero attached hydrogens (tertiary/aromatic N) is 1. The van der Waals surface area contributed by atoms with E-state index in [0.717, 1.165) is 32.7 Å². The number of hydrogen-bond acceptors (Lipinski definition) is 4. The SMILES string of the molecule is COc1ccccc1CC1CC(C(=O)O)(c2cccc(F)c2C)C=C1c1ccc2nc(C3CC3)sc2c1. The first-order chi connectivity index (χ1) is 17.9. The van der Waals surface area contributed by atoms with Crippen molar-refractivity contribution in [3.63, 3.8) is 0 Å². The van der Waals surface area contributed by atoms with Crippen LogP contribution in [0.25, 0.3) is 15.8 Å². The number of carboxylic acids is 1. The Kier molecular flexibility index (Phi) is 5.87. The van der Waals surface area contributed by atoms with Crippen molar-refractivity contribution < 1.29 is 19.0 Å².